The molecule has 0 unspecified atom stereocenters. The van der Waals surface area contributed by atoms with Crippen LogP contribution >= 0.6 is 0 Å². The van der Waals surface area contributed by atoms with E-state index in [0.717, 1.165) is 5.56 Å². The maximum atomic E-state index is 4.15. The van der Waals surface area contributed by atoms with Crippen LogP contribution < -0.4 is 14.6 Å². The summed E-state index contributed by atoms with van der Waals surface area (Å²) < 4.78 is 2.80. The highest BCUT2D eigenvalue weighted by atomic mass is 28.4. The molecule has 0 atom stereocenters. The van der Waals surface area contributed by atoms with Gasteiger partial charge in [0, 0.05) is 18.9 Å². The lowest BCUT2D eigenvalue weighted by atomic mass is 10.2. The minimum absolute atomic E-state index is 1.14. The van der Waals surface area contributed by atoms with Crippen LogP contribution in [-0.4, -0.2) is 29.7 Å². The van der Waals surface area contributed by atoms with Gasteiger partial charge in [-0.05, 0) is 54.3 Å². The lowest BCUT2D eigenvalue weighted by Crippen LogP contribution is -2.72. The molecule has 3 rings (SSSR count). The van der Waals surface area contributed by atoms with Crippen molar-refractivity contribution in [3.05, 3.63) is 90.5 Å². The Hall–Kier alpha value is -2.44. The van der Waals surface area contributed by atoms with Gasteiger partial charge in [-0.2, -0.15) is 0 Å². The fourth-order valence-corrected chi connectivity index (χ4v) is 14.6. The number of hydrogen-bond donors (Lipinski definition) is 0. The first-order valence-electron chi connectivity index (χ1n) is 9.81. The van der Waals surface area contributed by atoms with Crippen molar-refractivity contribution in [1.82, 2.24) is 0 Å². The van der Waals surface area contributed by atoms with Gasteiger partial charge in [0.05, 0.1) is 0 Å². The molecule has 3 aromatic rings. The van der Waals surface area contributed by atoms with Crippen LogP contribution in [0.15, 0.2) is 89.9 Å². The van der Waals surface area contributed by atoms with Crippen LogP contribution in [0.4, 0.5) is 5.69 Å². The van der Waals surface area contributed by atoms with Gasteiger partial charge in [0.25, 0.3) is 0 Å². The van der Waals surface area contributed by atoms with E-state index in [0.29, 0.717) is 0 Å². The van der Waals surface area contributed by atoms with Crippen molar-refractivity contribution in [1.29, 1.82) is 0 Å². The summed E-state index contributed by atoms with van der Waals surface area (Å²) in [4.78, 5) is 4.15. The normalized spacial score (nSPS) is 12.3. The average molecular weight is 403 g/mol. The molecule has 0 aliphatic carbocycles. The SMILES string of the molecule is CN=Cc1ccc(N([Si](C)(C)c2ccccc2)[Si](C)(C)c2ccccc2)cc1. The predicted molar refractivity (Wildman–Crippen MR) is 130 cm³/mol. The monoisotopic (exact) mass is 402 g/mol. The van der Waals surface area contributed by atoms with E-state index in [1.165, 1.54) is 16.1 Å². The molecule has 0 aliphatic rings. The molecule has 3 aromatic carbocycles. The number of aliphatic imine (C=N–C) groups is 1. The minimum Gasteiger partial charge on any atom is -0.417 e. The molecule has 0 aromatic heterocycles. The number of rotatable bonds is 6. The third-order valence-corrected chi connectivity index (χ3v) is 15.1. The molecule has 0 bridgehead atoms. The summed E-state index contributed by atoms with van der Waals surface area (Å²) in [5, 5.41) is 2.93. The van der Waals surface area contributed by atoms with Crippen molar-refractivity contribution >= 4 is 38.7 Å². The van der Waals surface area contributed by atoms with E-state index >= 15 is 0 Å². The molecular weight excluding hydrogens is 372 g/mol. The zero-order valence-electron chi connectivity index (χ0n) is 17.6. The fraction of sp³-hybridized carbons (Fsp3) is 0.208. The molecule has 0 saturated heterocycles. The highest BCUT2D eigenvalue weighted by Crippen LogP contribution is 2.28. The Morgan fingerprint density at radius 3 is 1.46 bits per heavy atom. The molecule has 0 spiro atoms. The van der Waals surface area contributed by atoms with Crippen molar-refractivity contribution in [3.8, 4) is 0 Å². The summed E-state index contributed by atoms with van der Waals surface area (Å²) in [6.45, 7) is 9.89. The number of anilines is 1. The van der Waals surface area contributed by atoms with Crippen LogP contribution in [0.1, 0.15) is 5.56 Å². The van der Waals surface area contributed by atoms with Gasteiger partial charge in [0.15, 0.2) is 16.5 Å². The van der Waals surface area contributed by atoms with Crippen molar-refractivity contribution in [2.24, 2.45) is 4.99 Å². The quantitative estimate of drug-likeness (QED) is 0.428. The second-order valence-electron chi connectivity index (χ2n) is 8.16. The Labute approximate surface area is 171 Å². The Bertz CT molecular complexity index is 866. The van der Waals surface area contributed by atoms with E-state index in [1.54, 1.807) is 0 Å². The maximum absolute atomic E-state index is 4.15. The number of benzene rings is 3. The fourth-order valence-electron chi connectivity index (χ4n) is 4.15. The van der Waals surface area contributed by atoms with Crippen LogP contribution in [0.2, 0.25) is 26.2 Å². The molecule has 0 heterocycles. The van der Waals surface area contributed by atoms with Gasteiger partial charge in [0.1, 0.15) is 0 Å². The van der Waals surface area contributed by atoms with Gasteiger partial charge in [-0.15, -0.1) is 0 Å². The lowest BCUT2D eigenvalue weighted by molar-refractivity contribution is 1.38. The third-order valence-electron chi connectivity index (χ3n) is 5.51. The highest BCUT2D eigenvalue weighted by Gasteiger charge is 2.43. The van der Waals surface area contributed by atoms with Crippen LogP contribution in [0.5, 0.6) is 0 Å². The largest absolute Gasteiger partial charge is 0.417 e. The Kier molecular flexibility index (Phi) is 6.01. The van der Waals surface area contributed by atoms with Gasteiger partial charge >= 0.3 is 0 Å². The average Bonchev–Trinajstić information content (AvgIpc) is 2.71. The smallest absolute Gasteiger partial charge is 0.174 e. The molecule has 28 heavy (non-hydrogen) atoms. The summed E-state index contributed by atoms with van der Waals surface area (Å²) in [5.41, 5.74) is 2.46. The summed E-state index contributed by atoms with van der Waals surface area (Å²) in [6.07, 6.45) is 1.91. The number of hydrogen-bond acceptors (Lipinski definition) is 2. The first-order valence-corrected chi connectivity index (χ1v) is 15.7. The molecule has 0 saturated carbocycles. The van der Waals surface area contributed by atoms with Crippen molar-refractivity contribution < 1.29 is 0 Å². The van der Waals surface area contributed by atoms with Crippen LogP contribution in [0.3, 0.4) is 0 Å². The van der Waals surface area contributed by atoms with Gasteiger partial charge < -0.3 is 4.23 Å². The van der Waals surface area contributed by atoms with Crippen molar-refractivity contribution in [2.75, 3.05) is 11.3 Å². The molecule has 0 radical (unpaired) electrons. The maximum Gasteiger partial charge on any atom is 0.174 e. The van der Waals surface area contributed by atoms with E-state index in [4.69, 9.17) is 0 Å². The Balaban J connectivity index is 2.16. The van der Waals surface area contributed by atoms with Gasteiger partial charge in [0.2, 0.25) is 0 Å². The topological polar surface area (TPSA) is 15.6 Å². The van der Waals surface area contributed by atoms with Gasteiger partial charge in [-0.1, -0.05) is 72.8 Å². The van der Waals surface area contributed by atoms with E-state index in [-0.39, 0.29) is 0 Å². The standard InChI is InChI=1S/C24H30N2Si2/c1-25-20-21-16-18-22(19-17-21)26(27(2,3)23-12-8-6-9-13-23)28(4,5)24-14-10-7-11-15-24/h6-20H,1-5H3. The predicted octanol–water partition coefficient (Wildman–Crippen LogP) is 4.77. The lowest BCUT2D eigenvalue weighted by Gasteiger charge is -2.49. The highest BCUT2D eigenvalue weighted by molar-refractivity contribution is 7.10. The number of nitrogens with zero attached hydrogens (tertiary/aromatic N) is 2. The molecule has 0 amide bonds. The van der Waals surface area contributed by atoms with E-state index in [1.807, 2.05) is 13.3 Å². The molecule has 4 heteroatoms. The molecule has 0 N–H and O–H groups in total. The molecule has 0 fully saturated rings. The first kappa shape index (κ1) is 20.3. The van der Waals surface area contributed by atoms with Crippen LogP contribution in [-0.2, 0) is 0 Å². The second-order valence-corrected chi connectivity index (χ2v) is 16.9. The molecule has 2 nitrogen and oxygen atoms in total. The summed E-state index contributed by atoms with van der Waals surface area (Å²) in [7, 11) is -2.07. The zero-order chi connectivity index (χ0) is 20.2. The van der Waals surface area contributed by atoms with Crippen molar-refractivity contribution in [2.45, 2.75) is 26.2 Å². The zero-order valence-corrected chi connectivity index (χ0v) is 19.6. The van der Waals surface area contributed by atoms with E-state index in [2.05, 4.69) is 120 Å². The van der Waals surface area contributed by atoms with Gasteiger partial charge in [-0.3, -0.25) is 4.99 Å². The Morgan fingerprint density at radius 1 is 0.643 bits per heavy atom. The van der Waals surface area contributed by atoms with Crippen LogP contribution in [0.25, 0.3) is 0 Å². The summed E-state index contributed by atoms with van der Waals surface area (Å²) in [5.74, 6) is 0. The summed E-state index contributed by atoms with van der Waals surface area (Å²) >= 11 is 0. The molecule has 144 valence electrons. The van der Waals surface area contributed by atoms with E-state index in [9.17, 15) is 0 Å². The molecule has 0 aliphatic heterocycles. The van der Waals surface area contributed by atoms with Crippen molar-refractivity contribution in [3.63, 3.8) is 0 Å². The van der Waals surface area contributed by atoms with E-state index < -0.39 is 16.5 Å². The van der Waals surface area contributed by atoms with Gasteiger partial charge in [-0.25, -0.2) is 0 Å². The molecular formula is C24H30N2Si2. The second kappa shape index (κ2) is 8.29. The van der Waals surface area contributed by atoms with Crippen LogP contribution in [0, 0.1) is 0 Å². The Morgan fingerprint density at radius 2 is 1.07 bits per heavy atom. The summed E-state index contributed by atoms with van der Waals surface area (Å²) in [6, 6.07) is 31.0. The third kappa shape index (κ3) is 4.03. The first-order chi connectivity index (χ1) is 13.4. The minimum atomic E-state index is -1.94.